The predicted molar refractivity (Wildman–Crippen MR) is 86.8 cm³/mol. The first kappa shape index (κ1) is 14.9. The van der Waals surface area contributed by atoms with Crippen LogP contribution in [0.4, 0.5) is 5.95 Å². The second kappa shape index (κ2) is 6.81. The minimum Gasteiger partial charge on any atom is -0.344 e. The average Bonchev–Trinajstić information content (AvgIpc) is 2.47. The van der Waals surface area contributed by atoms with Crippen LogP contribution in [0.25, 0.3) is 11.1 Å². The first-order chi connectivity index (χ1) is 9.61. The maximum atomic E-state index is 5.51. The Morgan fingerprint density at radius 2 is 1.95 bits per heavy atom. The third-order valence-corrected chi connectivity index (χ3v) is 3.68. The van der Waals surface area contributed by atoms with Crippen LogP contribution in [0, 0.1) is 6.92 Å². The fourth-order valence-corrected chi connectivity index (χ4v) is 2.35. The van der Waals surface area contributed by atoms with Gasteiger partial charge in [-0.1, -0.05) is 22.0 Å². The smallest absolute Gasteiger partial charge is 0.225 e. The molecule has 106 valence electrons. The summed E-state index contributed by atoms with van der Waals surface area (Å²) in [6.45, 7) is 3.63. The third kappa shape index (κ3) is 3.55. The summed E-state index contributed by atoms with van der Waals surface area (Å²) in [4.78, 5) is 10.9. The van der Waals surface area contributed by atoms with E-state index in [4.69, 9.17) is 5.73 Å². The normalized spacial score (nSPS) is 10.6. The number of benzene rings is 1. The van der Waals surface area contributed by atoms with Gasteiger partial charge in [-0.3, -0.25) is 0 Å². The van der Waals surface area contributed by atoms with Gasteiger partial charge < -0.3 is 10.6 Å². The molecule has 2 N–H and O–H groups in total. The number of aryl methyl sites for hydroxylation is 1. The third-order valence-electron chi connectivity index (χ3n) is 3.19. The molecule has 20 heavy (non-hydrogen) atoms. The lowest BCUT2D eigenvalue weighted by Crippen LogP contribution is -2.22. The van der Waals surface area contributed by atoms with Crippen LogP contribution < -0.4 is 10.6 Å². The van der Waals surface area contributed by atoms with E-state index in [0.717, 1.165) is 34.5 Å². The van der Waals surface area contributed by atoms with E-state index < -0.39 is 0 Å². The Bertz CT molecular complexity index is 569. The summed E-state index contributed by atoms with van der Waals surface area (Å²) in [7, 11) is 1.98. The van der Waals surface area contributed by atoms with Gasteiger partial charge in [-0.15, -0.1) is 0 Å². The summed E-state index contributed by atoms with van der Waals surface area (Å²) in [6, 6.07) is 6.21. The van der Waals surface area contributed by atoms with Crippen LogP contribution in [0.1, 0.15) is 12.0 Å². The van der Waals surface area contributed by atoms with Gasteiger partial charge in [-0.2, -0.15) is 0 Å². The van der Waals surface area contributed by atoms with Gasteiger partial charge in [0.1, 0.15) is 0 Å². The number of halogens is 1. The standard InChI is InChI=1S/C15H19BrN4/c1-11-4-5-13(16)8-14(11)12-9-18-15(19-10-12)20(2)7-3-6-17/h4-5,8-10H,3,6-7,17H2,1-2H3. The van der Waals surface area contributed by atoms with Crippen LogP contribution in [0.15, 0.2) is 35.1 Å². The van der Waals surface area contributed by atoms with Crippen molar-refractivity contribution < 1.29 is 0 Å². The number of aromatic nitrogens is 2. The fraction of sp³-hybridized carbons (Fsp3) is 0.333. The molecule has 0 amide bonds. The Hall–Kier alpha value is -1.46. The van der Waals surface area contributed by atoms with Crippen molar-refractivity contribution in [2.45, 2.75) is 13.3 Å². The van der Waals surface area contributed by atoms with Crippen LogP contribution in [0.2, 0.25) is 0 Å². The lowest BCUT2D eigenvalue weighted by molar-refractivity contribution is 0.775. The van der Waals surface area contributed by atoms with Crippen molar-refractivity contribution >= 4 is 21.9 Å². The van der Waals surface area contributed by atoms with Gasteiger partial charge >= 0.3 is 0 Å². The van der Waals surface area contributed by atoms with Crippen molar-refractivity contribution in [3.8, 4) is 11.1 Å². The van der Waals surface area contributed by atoms with Crippen molar-refractivity contribution in [1.29, 1.82) is 0 Å². The van der Waals surface area contributed by atoms with Gasteiger partial charge in [0.2, 0.25) is 5.95 Å². The average molecular weight is 335 g/mol. The summed E-state index contributed by atoms with van der Waals surface area (Å²) in [5, 5.41) is 0. The summed E-state index contributed by atoms with van der Waals surface area (Å²) in [6.07, 6.45) is 4.68. The van der Waals surface area contributed by atoms with Crippen LogP contribution in [0.3, 0.4) is 0 Å². The molecule has 2 rings (SSSR count). The lowest BCUT2D eigenvalue weighted by Gasteiger charge is -2.16. The van der Waals surface area contributed by atoms with Crippen molar-refractivity contribution in [2.24, 2.45) is 5.73 Å². The van der Waals surface area contributed by atoms with Crippen molar-refractivity contribution in [2.75, 3.05) is 25.0 Å². The maximum absolute atomic E-state index is 5.51. The summed E-state index contributed by atoms with van der Waals surface area (Å²) < 4.78 is 1.06. The zero-order valence-electron chi connectivity index (χ0n) is 11.8. The Kier molecular flexibility index (Phi) is 5.09. The van der Waals surface area contributed by atoms with E-state index in [1.165, 1.54) is 5.56 Å². The molecule has 0 saturated carbocycles. The Morgan fingerprint density at radius 1 is 1.25 bits per heavy atom. The predicted octanol–water partition coefficient (Wildman–Crippen LogP) is 3.00. The van der Waals surface area contributed by atoms with Crippen LogP contribution in [0.5, 0.6) is 0 Å². The van der Waals surface area contributed by atoms with Gasteiger partial charge in [-0.25, -0.2) is 9.97 Å². The Balaban J connectivity index is 2.21. The van der Waals surface area contributed by atoms with E-state index in [-0.39, 0.29) is 0 Å². The molecular weight excluding hydrogens is 316 g/mol. The molecule has 0 atom stereocenters. The van der Waals surface area contributed by atoms with E-state index in [2.05, 4.69) is 45.0 Å². The molecule has 0 radical (unpaired) electrons. The summed E-state index contributed by atoms with van der Waals surface area (Å²) in [5.41, 5.74) is 8.90. The molecule has 0 aliphatic heterocycles. The molecule has 2 aromatic rings. The highest BCUT2D eigenvalue weighted by molar-refractivity contribution is 9.10. The van der Waals surface area contributed by atoms with Crippen LogP contribution in [-0.4, -0.2) is 30.1 Å². The number of hydrogen-bond donors (Lipinski definition) is 1. The fourth-order valence-electron chi connectivity index (χ4n) is 1.99. The minimum absolute atomic E-state index is 0.680. The number of hydrogen-bond acceptors (Lipinski definition) is 4. The van der Waals surface area contributed by atoms with Crippen molar-refractivity contribution in [3.63, 3.8) is 0 Å². The largest absolute Gasteiger partial charge is 0.344 e. The number of rotatable bonds is 5. The zero-order chi connectivity index (χ0) is 14.5. The van der Waals surface area contributed by atoms with E-state index in [9.17, 15) is 0 Å². The molecule has 0 saturated heterocycles. The zero-order valence-corrected chi connectivity index (χ0v) is 13.4. The van der Waals surface area contributed by atoms with E-state index in [1.54, 1.807) is 0 Å². The summed E-state index contributed by atoms with van der Waals surface area (Å²) in [5.74, 6) is 0.731. The highest BCUT2D eigenvalue weighted by Crippen LogP contribution is 2.26. The van der Waals surface area contributed by atoms with Gasteiger partial charge in [0, 0.05) is 36.0 Å². The minimum atomic E-state index is 0.680. The quantitative estimate of drug-likeness (QED) is 0.913. The molecule has 1 aromatic heterocycles. The maximum Gasteiger partial charge on any atom is 0.225 e. The van der Waals surface area contributed by atoms with E-state index >= 15 is 0 Å². The Labute approximate surface area is 128 Å². The molecule has 1 heterocycles. The topological polar surface area (TPSA) is 55.0 Å². The molecule has 0 aliphatic carbocycles. The molecule has 0 bridgehead atoms. The first-order valence-corrected chi connectivity index (χ1v) is 7.41. The Morgan fingerprint density at radius 3 is 2.60 bits per heavy atom. The van der Waals surface area contributed by atoms with Gasteiger partial charge in [-0.05, 0) is 43.1 Å². The number of nitrogens with zero attached hydrogens (tertiary/aromatic N) is 3. The molecule has 0 spiro atoms. The van der Waals surface area contributed by atoms with Crippen molar-refractivity contribution in [1.82, 2.24) is 9.97 Å². The van der Waals surface area contributed by atoms with E-state index in [0.29, 0.717) is 6.54 Å². The van der Waals surface area contributed by atoms with Crippen molar-refractivity contribution in [3.05, 3.63) is 40.6 Å². The molecule has 1 aromatic carbocycles. The van der Waals surface area contributed by atoms with Gasteiger partial charge in [0.15, 0.2) is 0 Å². The number of anilines is 1. The molecule has 0 aliphatic rings. The number of nitrogens with two attached hydrogens (primary N) is 1. The lowest BCUT2D eigenvalue weighted by atomic mass is 10.0. The second-order valence-corrected chi connectivity index (χ2v) is 5.71. The molecule has 5 heteroatoms. The highest BCUT2D eigenvalue weighted by atomic mass is 79.9. The van der Waals surface area contributed by atoms with Crippen LogP contribution in [-0.2, 0) is 0 Å². The SMILES string of the molecule is Cc1ccc(Br)cc1-c1cnc(N(C)CCCN)nc1. The van der Waals surface area contributed by atoms with Crippen LogP contribution >= 0.6 is 15.9 Å². The molecule has 0 unspecified atom stereocenters. The van der Waals surface area contributed by atoms with E-state index in [1.807, 2.05) is 30.4 Å². The monoisotopic (exact) mass is 334 g/mol. The molecule has 0 fully saturated rings. The summed E-state index contributed by atoms with van der Waals surface area (Å²) >= 11 is 3.50. The molecular formula is C15H19BrN4. The van der Waals surface area contributed by atoms with Gasteiger partial charge in [0.05, 0.1) is 0 Å². The highest BCUT2D eigenvalue weighted by Gasteiger charge is 2.07. The second-order valence-electron chi connectivity index (χ2n) is 4.79. The van der Waals surface area contributed by atoms with Gasteiger partial charge in [0.25, 0.3) is 0 Å². The molecule has 4 nitrogen and oxygen atoms in total. The first-order valence-electron chi connectivity index (χ1n) is 6.61.